The highest BCUT2D eigenvalue weighted by atomic mass is 19.1. The number of hydrogen-bond donors (Lipinski definition) is 3. The number of carbonyl (C=O) groups excluding carboxylic acids is 1. The highest BCUT2D eigenvalue weighted by molar-refractivity contribution is 5.87. The van der Waals surface area contributed by atoms with Crippen LogP contribution in [-0.2, 0) is 16.1 Å². The van der Waals surface area contributed by atoms with Crippen LogP contribution in [0.2, 0.25) is 0 Å². The number of nitrogens with zero attached hydrogens (tertiary/aromatic N) is 1. The van der Waals surface area contributed by atoms with Gasteiger partial charge in [0.05, 0.1) is 17.9 Å². The molecule has 1 unspecified atom stereocenters. The van der Waals surface area contributed by atoms with Gasteiger partial charge in [-0.1, -0.05) is 30.3 Å². The molecule has 2 aromatic rings. The molecule has 4 N–H and O–H groups in total. The highest BCUT2D eigenvalue weighted by Gasteiger charge is 2.55. The SMILES string of the molecule is Nc1cc(F)ccc1NC[C@]1(C(=O)OCc2ccccc2)CC(F)CN1C(=O)O. The van der Waals surface area contributed by atoms with E-state index in [4.69, 9.17) is 10.5 Å². The number of alkyl halides is 1. The summed E-state index contributed by atoms with van der Waals surface area (Å²) in [4.78, 5) is 25.4. The van der Waals surface area contributed by atoms with Crippen LogP contribution in [0.4, 0.5) is 25.0 Å². The highest BCUT2D eigenvalue weighted by Crippen LogP contribution is 2.34. The molecule has 2 aromatic carbocycles. The lowest BCUT2D eigenvalue weighted by Crippen LogP contribution is -2.57. The molecule has 9 heteroatoms. The Morgan fingerprint density at radius 1 is 1.28 bits per heavy atom. The van der Waals surface area contributed by atoms with E-state index < -0.39 is 36.1 Å². The summed E-state index contributed by atoms with van der Waals surface area (Å²) in [5.41, 5.74) is 5.07. The molecule has 29 heavy (non-hydrogen) atoms. The van der Waals surface area contributed by atoms with Crippen molar-refractivity contribution in [3.63, 3.8) is 0 Å². The lowest BCUT2D eigenvalue weighted by Gasteiger charge is -2.34. The van der Waals surface area contributed by atoms with Crippen molar-refractivity contribution in [2.75, 3.05) is 24.1 Å². The number of hydrogen-bond acceptors (Lipinski definition) is 5. The summed E-state index contributed by atoms with van der Waals surface area (Å²) in [7, 11) is 0. The minimum atomic E-state index is -1.78. The van der Waals surface area contributed by atoms with Gasteiger partial charge < -0.3 is 20.9 Å². The van der Waals surface area contributed by atoms with E-state index in [0.717, 1.165) is 11.0 Å². The maximum Gasteiger partial charge on any atom is 0.408 e. The Hall–Kier alpha value is -3.36. The number of nitrogen functional groups attached to an aromatic ring is 1. The molecule has 0 saturated carbocycles. The van der Waals surface area contributed by atoms with Gasteiger partial charge >= 0.3 is 12.1 Å². The summed E-state index contributed by atoms with van der Waals surface area (Å²) in [5.74, 6) is -1.40. The van der Waals surface area contributed by atoms with Crippen LogP contribution < -0.4 is 11.1 Å². The minimum absolute atomic E-state index is 0.0782. The van der Waals surface area contributed by atoms with Crippen LogP contribution in [0.25, 0.3) is 0 Å². The molecule has 1 aliphatic heterocycles. The zero-order chi connectivity index (χ0) is 21.0. The van der Waals surface area contributed by atoms with Crippen LogP contribution in [0.15, 0.2) is 48.5 Å². The van der Waals surface area contributed by atoms with Crippen LogP contribution in [0, 0.1) is 5.82 Å². The van der Waals surface area contributed by atoms with Crippen molar-refractivity contribution in [1.29, 1.82) is 0 Å². The fourth-order valence-electron chi connectivity index (χ4n) is 3.40. The molecule has 154 valence electrons. The first-order chi connectivity index (χ1) is 13.8. The Balaban J connectivity index is 1.83. The van der Waals surface area contributed by atoms with Crippen molar-refractivity contribution >= 4 is 23.4 Å². The average Bonchev–Trinajstić information content (AvgIpc) is 3.04. The second kappa shape index (κ2) is 8.34. The van der Waals surface area contributed by atoms with E-state index in [1.165, 1.54) is 12.1 Å². The lowest BCUT2D eigenvalue weighted by atomic mass is 9.95. The second-order valence-corrected chi connectivity index (χ2v) is 6.87. The first-order valence-electron chi connectivity index (χ1n) is 8.96. The van der Waals surface area contributed by atoms with Gasteiger partial charge in [0, 0.05) is 13.0 Å². The third-order valence-corrected chi connectivity index (χ3v) is 4.87. The Labute approximate surface area is 166 Å². The molecule has 0 radical (unpaired) electrons. The number of ether oxygens (including phenoxy) is 1. The number of amides is 1. The van der Waals surface area contributed by atoms with E-state index in [0.29, 0.717) is 11.3 Å². The Morgan fingerprint density at radius 3 is 2.66 bits per heavy atom. The number of esters is 1. The monoisotopic (exact) mass is 405 g/mol. The van der Waals surface area contributed by atoms with E-state index in [2.05, 4.69) is 5.32 Å². The molecule has 0 aromatic heterocycles. The first kappa shape index (κ1) is 20.4. The first-order valence-corrected chi connectivity index (χ1v) is 8.96. The summed E-state index contributed by atoms with van der Waals surface area (Å²) in [6.07, 6.45) is -3.32. The molecule has 0 aliphatic carbocycles. The molecular weight excluding hydrogens is 384 g/mol. The summed E-state index contributed by atoms with van der Waals surface area (Å²) in [6, 6.07) is 12.5. The Kier molecular flexibility index (Phi) is 5.86. The third kappa shape index (κ3) is 4.39. The van der Waals surface area contributed by atoms with Crippen molar-refractivity contribution in [2.45, 2.75) is 24.7 Å². The quantitative estimate of drug-likeness (QED) is 0.504. The molecule has 1 fully saturated rings. The number of anilines is 2. The van der Waals surface area contributed by atoms with Gasteiger partial charge in [0.15, 0.2) is 5.54 Å². The molecule has 2 atom stereocenters. The second-order valence-electron chi connectivity index (χ2n) is 6.87. The van der Waals surface area contributed by atoms with Crippen molar-refractivity contribution in [3.8, 4) is 0 Å². The summed E-state index contributed by atoms with van der Waals surface area (Å²) in [6.45, 7) is -0.802. The average molecular weight is 405 g/mol. The fraction of sp³-hybridized carbons (Fsp3) is 0.300. The zero-order valence-electron chi connectivity index (χ0n) is 15.5. The normalized spacial score (nSPS) is 21.0. The minimum Gasteiger partial charge on any atom is -0.465 e. The van der Waals surface area contributed by atoms with Gasteiger partial charge in [-0.05, 0) is 23.8 Å². The van der Waals surface area contributed by atoms with Crippen LogP contribution in [0.5, 0.6) is 0 Å². The smallest absolute Gasteiger partial charge is 0.408 e. The maximum atomic E-state index is 14.2. The molecular formula is C20H21F2N3O4. The van der Waals surface area contributed by atoms with Gasteiger partial charge in [0.2, 0.25) is 0 Å². The molecule has 7 nitrogen and oxygen atoms in total. The van der Waals surface area contributed by atoms with Gasteiger partial charge in [0.1, 0.15) is 18.6 Å². The lowest BCUT2D eigenvalue weighted by molar-refractivity contribution is -0.156. The van der Waals surface area contributed by atoms with E-state index in [1.807, 2.05) is 0 Å². The molecule has 1 amide bonds. The standard InChI is InChI=1S/C20H21F2N3O4/c21-14-6-7-17(16(23)8-14)24-12-20(9-15(22)10-25(20)19(27)28)18(26)29-11-13-4-2-1-3-5-13/h1-8,15,24H,9-12,23H2,(H,27,28)/t15?,20-/m0/s1. The number of carboxylic acid groups (broad SMARTS) is 1. The Bertz CT molecular complexity index is 897. The van der Waals surface area contributed by atoms with Crippen molar-refractivity contribution in [3.05, 3.63) is 59.9 Å². The van der Waals surface area contributed by atoms with Gasteiger partial charge in [-0.25, -0.2) is 18.4 Å². The number of benzene rings is 2. The van der Waals surface area contributed by atoms with E-state index >= 15 is 0 Å². The van der Waals surface area contributed by atoms with E-state index in [-0.39, 0.29) is 25.3 Å². The van der Waals surface area contributed by atoms with Crippen LogP contribution in [0.1, 0.15) is 12.0 Å². The van der Waals surface area contributed by atoms with E-state index in [1.54, 1.807) is 30.3 Å². The zero-order valence-corrected chi connectivity index (χ0v) is 15.5. The summed E-state index contributed by atoms with van der Waals surface area (Å²) in [5, 5.41) is 12.4. The van der Waals surface area contributed by atoms with Gasteiger partial charge in [-0.2, -0.15) is 0 Å². The number of carbonyl (C=O) groups is 2. The molecule has 0 spiro atoms. The number of rotatable bonds is 6. The number of nitrogens with two attached hydrogens (primary N) is 1. The van der Waals surface area contributed by atoms with E-state index in [9.17, 15) is 23.5 Å². The number of nitrogens with one attached hydrogen (secondary N) is 1. The maximum absolute atomic E-state index is 14.2. The molecule has 1 aliphatic rings. The molecule has 3 rings (SSSR count). The van der Waals surface area contributed by atoms with Crippen LogP contribution in [0.3, 0.4) is 0 Å². The van der Waals surface area contributed by atoms with Crippen molar-refractivity contribution in [1.82, 2.24) is 4.90 Å². The van der Waals surface area contributed by atoms with Gasteiger partial charge in [-0.3, -0.25) is 4.90 Å². The molecule has 1 heterocycles. The third-order valence-electron chi connectivity index (χ3n) is 4.87. The van der Waals surface area contributed by atoms with Gasteiger partial charge in [-0.15, -0.1) is 0 Å². The van der Waals surface area contributed by atoms with Crippen LogP contribution in [-0.4, -0.2) is 46.9 Å². The molecule has 1 saturated heterocycles. The summed E-state index contributed by atoms with van der Waals surface area (Å²) >= 11 is 0. The topological polar surface area (TPSA) is 105 Å². The van der Waals surface area contributed by atoms with Crippen molar-refractivity contribution in [2.24, 2.45) is 0 Å². The largest absolute Gasteiger partial charge is 0.465 e. The molecule has 0 bridgehead atoms. The summed E-state index contributed by atoms with van der Waals surface area (Å²) < 4.78 is 32.8. The Morgan fingerprint density at radius 2 is 2.00 bits per heavy atom. The predicted molar refractivity (Wildman–Crippen MR) is 103 cm³/mol. The number of halogens is 2. The number of likely N-dealkylation sites (tertiary alicyclic amines) is 1. The predicted octanol–water partition coefficient (Wildman–Crippen LogP) is 3.02. The van der Waals surface area contributed by atoms with Gasteiger partial charge in [0.25, 0.3) is 0 Å². The van der Waals surface area contributed by atoms with Crippen LogP contribution >= 0.6 is 0 Å². The fourth-order valence-corrected chi connectivity index (χ4v) is 3.40. The van der Waals surface area contributed by atoms with Crippen molar-refractivity contribution < 1.29 is 28.2 Å².